The Morgan fingerprint density at radius 1 is 1.18 bits per heavy atom. The Balaban J connectivity index is 1.22. The highest BCUT2D eigenvalue weighted by molar-refractivity contribution is 7.08. The second kappa shape index (κ2) is 11.8. The minimum Gasteiger partial charge on any atom is -0.388 e. The summed E-state index contributed by atoms with van der Waals surface area (Å²) in [5, 5.41) is 26.8. The maximum atomic E-state index is 14.8. The lowest BCUT2D eigenvalue weighted by atomic mass is 9.90. The van der Waals surface area contributed by atoms with E-state index in [1.54, 1.807) is 24.5 Å². The van der Waals surface area contributed by atoms with Gasteiger partial charge in [0.25, 0.3) is 5.91 Å². The predicted molar refractivity (Wildman–Crippen MR) is 157 cm³/mol. The quantitative estimate of drug-likeness (QED) is 0.334. The predicted octanol–water partition coefficient (Wildman–Crippen LogP) is 3.82. The van der Waals surface area contributed by atoms with Crippen LogP contribution in [0.3, 0.4) is 0 Å². The molecule has 1 saturated heterocycles. The molecule has 2 aliphatic rings. The molecule has 3 aromatic rings. The number of nitrogens with one attached hydrogen (secondary N) is 2. The second-order valence-electron chi connectivity index (χ2n) is 10.2. The number of thiophene rings is 1. The van der Waals surface area contributed by atoms with Gasteiger partial charge in [0.1, 0.15) is 17.2 Å². The monoisotopic (exact) mass is 560 g/mol. The highest BCUT2D eigenvalue weighted by Crippen LogP contribution is 2.29. The van der Waals surface area contributed by atoms with Gasteiger partial charge in [0, 0.05) is 38.8 Å². The summed E-state index contributed by atoms with van der Waals surface area (Å²) in [6.45, 7) is 2.05. The van der Waals surface area contributed by atoms with Crippen LogP contribution in [-0.4, -0.2) is 65.1 Å². The number of amides is 1. The van der Waals surface area contributed by atoms with Gasteiger partial charge in [0.15, 0.2) is 0 Å². The van der Waals surface area contributed by atoms with Gasteiger partial charge >= 0.3 is 0 Å². The van der Waals surface area contributed by atoms with Crippen LogP contribution in [0.5, 0.6) is 0 Å². The number of benzene rings is 2. The minimum atomic E-state index is -1.12. The van der Waals surface area contributed by atoms with E-state index in [0.717, 1.165) is 22.3 Å². The maximum Gasteiger partial charge on any atom is 0.279 e. The number of nitrogens with zero attached hydrogens (tertiary/aromatic N) is 3. The number of β-amino-alcohol motifs (C(OH)–C–C–N with tert-alkyl or cyclic N) is 1. The van der Waals surface area contributed by atoms with Gasteiger partial charge in [-0.3, -0.25) is 20.0 Å². The fourth-order valence-corrected chi connectivity index (χ4v) is 5.79. The van der Waals surface area contributed by atoms with E-state index >= 15 is 0 Å². The van der Waals surface area contributed by atoms with Crippen molar-refractivity contribution in [3.8, 4) is 11.1 Å². The number of hydrogen-bond donors (Lipinski definition) is 4. The zero-order valence-corrected chi connectivity index (χ0v) is 23.2. The van der Waals surface area contributed by atoms with Crippen LogP contribution in [0.15, 0.2) is 70.0 Å². The summed E-state index contributed by atoms with van der Waals surface area (Å²) in [6.07, 6.45) is 2.24. The molecule has 0 aliphatic carbocycles. The summed E-state index contributed by atoms with van der Waals surface area (Å²) in [6, 6.07) is 14.9. The van der Waals surface area contributed by atoms with Crippen LogP contribution >= 0.6 is 11.3 Å². The van der Waals surface area contributed by atoms with E-state index in [4.69, 9.17) is 11.1 Å². The number of aliphatic imine (C=N–C) groups is 1. The Hall–Kier alpha value is -3.70. The number of aliphatic hydroxyl groups is 1. The summed E-state index contributed by atoms with van der Waals surface area (Å²) in [5.41, 5.74) is 9.40. The molecule has 0 spiro atoms. The van der Waals surface area contributed by atoms with Gasteiger partial charge in [-0.05, 0) is 58.0 Å². The van der Waals surface area contributed by atoms with Crippen LogP contribution in [0.25, 0.3) is 16.8 Å². The molecule has 10 heteroatoms. The van der Waals surface area contributed by atoms with Crippen molar-refractivity contribution in [2.75, 3.05) is 26.7 Å². The van der Waals surface area contributed by atoms with Gasteiger partial charge in [-0.1, -0.05) is 36.4 Å². The lowest BCUT2D eigenvalue weighted by molar-refractivity contribution is -0.124. The third-order valence-corrected chi connectivity index (χ3v) is 8.24. The van der Waals surface area contributed by atoms with Crippen molar-refractivity contribution in [3.05, 3.63) is 87.5 Å². The average molecular weight is 561 g/mol. The van der Waals surface area contributed by atoms with Crippen molar-refractivity contribution in [1.29, 1.82) is 5.41 Å². The maximum absolute atomic E-state index is 14.8. The van der Waals surface area contributed by atoms with Gasteiger partial charge < -0.3 is 16.2 Å². The van der Waals surface area contributed by atoms with E-state index in [-0.39, 0.29) is 23.8 Å². The first-order chi connectivity index (χ1) is 19.3. The molecule has 0 unspecified atom stereocenters. The van der Waals surface area contributed by atoms with Crippen molar-refractivity contribution >= 4 is 35.0 Å². The number of carbonyl (C=O) groups excluding carboxylic acids is 1. The Morgan fingerprint density at radius 2 is 1.93 bits per heavy atom. The summed E-state index contributed by atoms with van der Waals surface area (Å²) < 4.78 is 14.8. The van der Waals surface area contributed by atoms with E-state index in [1.807, 2.05) is 53.2 Å². The van der Waals surface area contributed by atoms with Gasteiger partial charge in [-0.25, -0.2) is 9.38 Å². The molecule has 2 aromatic carbocycles. The standard InChI is InChI=1S/C30H33FN6O2S/c1-34-27(21-4-2-20(15-32)3-5-21)28-26(33)29(38)37(19-35-28)18-30(39)9-11-36(12-10-30)16-23-7-6-22(14-25(23)31)24-8-13-40-17-24/h2-8,13-14,17,19,33-34,39H,9-12,15-16,18,32H2,1H3/b28-27+,33-26?. The third-order valence-electron chi connectivity index (χ3n) is 7.56. The van der Waals surface area contributed by atoms with Crippen molar-refractivity contribution < 1.29 is 14.3 Å². The van der Waals surface area contributed by atoms with Crippen molar-refractivity contribution in [2.24, 2.45) is 10.7 Å². The second-order valence-corrected chi connectivity index (χ2v) is 11.0. The molecule has 3 heterocycles. The minimum absolute atomic E-state index is 0.0443. The molecule has 1 aromatic heterocycles. The highest BCUT2D eigenvalue weighted by Gasteiger charge is 2.38. The van der Waals surface area contributed by atoms with Crippen LogP contribution in [-0.2, 0) is 17.9 Å². The van der Waals surface area contributed by atoms with Gasteiger partial charge in [0.2, 0.25) is 0 Å². The van der Waals surface area contributed by atoms with Crippen LogP contribution in [0.4, 0.5) is 4.39 Å². The van der Waals surface area contributed by atoms with Gasteiger partial charge in [-0.15, -0.1) is 0 Å². The van der Waals surface area contributed by atoms with Crippen LogP contribution in [0.1, 0.15) is 29.5 Å². The molecule has 0 radical (unpaired) electrons. The molecule has 8 nitrogen and oxygen atoms in total. The Kier molecular flexibility index (Phi) is 8.22. The van der Waals surface area contributed by atoms with Crippen molar-refractivity contribution in [1.82, 2.24) is 15.1 Å². The molecule has 0 saturated carbocycles. The van der Waals surface area contributed by atoms with Crippen molar-refractivity contribution in [3.63, 3.8) is 0 Å². The fourth-order valence-electron chi connectivity index (χ4n) is 5.13. The van der Waals surface area contributed by atoms with E-state index in [9.17, 15) is 14.3 Å². The molecule has 1 amide bonds. The zero-order valence-electron chi connectivity index (χ0n) is 22.4. The van der Waals surface area contributed by atoms with Gasteiger partial charge in [0.05, 0.1) is 24.2 Å². The molecule has 2 aliphatic heterocycles. The summed E-state index contributed by atoms with van der Waals surface area (Å²) >= 11 is 1.58. The molecule has 5 rings (SSSR count). The lowest BCUT2D eigenvalue weighted by Gasteiger charge is -2.40. The number of likely N-dealkylation sites (tertiary alicyclic amines) is 1. The van der Waals surface area contributed by atoms with Crippen LogP contribution in [0, 0.1) is 11.2 Å². The lowest BCUT2D eigenvalue weighted by Crippen LogP contribution is -2.53. The normalized spacial score (nSPS) is 18.8. The van der Waals surface area contributed by atoms with E-state index < -0.39 is 11.5 Å². The first-order valence-electron chi connectivity index (χ1n) is 13.2. The number of carbonyl (C=O) groups is 1. The molecular weight excluding hydrogens is 527 g/mol. The molecule has 5 N–H and O–H groups in total. The number of hydrogen-bond acceptors (Lipinski definition) is 8. The molecular formula is C30H33FN6O2S. The fraction of sp³-hybridized carbons (Fsp3) is 0.300. The molecule has 208 valence electrons. The Bertz CT molecular complexity index is 1440. The number of halogens is 1. The molecule has 0 bridgehead atoms. The van der Waals surface area contributed by atoms with Crippen LogP contribution in [0.2, 0.25) is 0 Å². The number of rotatable bonds is 8. The molecule has 40 heavy (non-hydrogen) atoms. The average Bonchev–Trinajstić information content (AvgIpc) is 3.51. The third kappa shape index (κ3) is 5.90. The largest absolute Gasteiger partial charge is 0.388 e. The van der Waals surface area contributed by atoms with E-state index in [0.29, 0.717) is 50.3 Å². The smallest absolute Gasteiger partial charge is 0.279 e. The van der Waals surface area contributed by atoms with Crippen LogP contribution < -0.4 is 11.1 Å². The molecule has 0 atom stereocenters. The van der Waals surface area contributed by atoms with E-state index in [2.05, 4.69) is 15.2 Å². The van der Waals surface area contributed by atoms with Gasteiger partial charge in [-0.2, -0.15) is 11.3 Å². The van der Waals surface area contributed by atoms with E-state index in [1.165, 1.54) is 11.2 Å². The Morgan fingerprint density at radius 3 is 2.55 bits per heavy atom. The molecule has 1 fully saturated rings. The first kappa shape index (κ1) is 27.9. The highest BCUT2D eigenvalue weighted by atomic mass is 32.1. The number of nitrogens with two attached hydrogens (primary N) is 1. The topological polar surface area (TPSA) is 118 Å². The summed E-state index contributed by atoms with van der Waals surface area (Å²) in [5.74, 6) is -0.752. The number of piperidine rings is 1. The van der Waals surface area contributed by atoms with Crippen molar-refractivity contribution in [2.45, 2.75) is 31.5 Å². The summed E-state index contributed by atoms with van der Waals surface area (Å²) in [4.78, 5) is 21.0. The Labute approximate surface area is 237 Å². The SMILES string of the molecule is CN/C(=C1/N=CN(CC2(O)CCN(Cc3ccc(-c4ccsc4)cc3F)CC2)C(=O)C1=N)c1ccc(CN)cc1. The first-order valence-corrected chi connectivity index (χ1v) is 14.2. The zero-order chi connectivity index (χ0) is 28.3. The summed E-state index contributed by atoms with van der Waals surface area (Å²) in [7, 11) is 1.72.